The third kappa shape index (κ3) is 3.48. The first-order valence-electron chi connectivity index (χ1n) is 6.04. The summed E-state index contributed by atoms with van der Waals surface area (Å²) in [5.74, 6) is 0. The van der Waals surface area contributed by atoms with Crippen LogP contribution in [0, 0.1) is 0 Å². The Bertz CT molecular complexity index is 492. The van der Waals surface area contributed by atoms with Gasteiger partial charge in [-0.1, -0.05) is 0 Å². The second kappa shape index (κ2) is 6.05. The molecule has 0 amide bonds. The van der Waals surface area contributed by atoms with E-state index in [-0.39, 0.29) is 0 Å². The lowest BCUT2D eigenvalue weighted by atomic mass is 10.1. The Hall–Kier alpha value is -2.04. The van der Waals surface area contributed by atoms with Gasteiger partial charge in [-0.05, 0) is 50.0 Å². The van der Waals surface area contributed by atoms with E-state index >= 15 is 0 Å². The second-order valence-corrected chi connectivity index (χ2v) is 4.22. The Labute approximate surface area is 107 Å². The van der Waals surface area contributed by atoms with Crippen LogP contribution in [0.1, 0.15) is 25.7 Å². The number of nitrogens with two attached hydrogens (primary N) is 1. The lowest BCUT2D eigenvalue weighted by Crippen LogP contribution is -2.00. The standard InChI is InChI=1S/C13H17N5/c1-15-16-11-6-8-13(9-7-11)18-17-12-4-2-10(14)3-5-12/h2,4,6,8H,3,5,7,9,14H2,1H3. The molecule has 2 aliphatic rings. The predicted octanol–water partition coefficient (Wildman–Crippen LogP) is 3.60. The fourth-order valence-corrected chi connectivity index (χ4v) is 1.76. The molecule has 0 atom stereocenters. The van der Waals surface area contributed by atoms with Gasteiger partial charge in [0.05, 0.1) is 17.1 Å². The van der Waals surface area contributed by atoms with Crippen LogP contribution >= 0.6 is 0 Å². The molecular formula is C13H17N5. The van der Waals surface area contributed by atoms with E-state index in [1.54, 1.807) is 7.05 Å². The van der Waals surface area contributed by atoms with E-state index in [4.69, 9.17) is 5.73 Å². The van der Waals surface area contributed by atoms with E-state index in [0.717, 1.165) is 48.5 Å². The van der Waals surface area contributed by atoms with E-state index < -0.39 is 0 Å². The molecule has 0 aromatic carbocycles. The average molecular weight is 243 g/mol. The molecule has 2 rings (SSSR count). The maximum atomic E-state index is 5.69. The Balaban J connectivity index is 1.99. The second-order valence-electron chi connectivity index (χ2n) is 4.22. The minimum absolute atomic E-state index is 0.861. The Kier molecular flexibility index (Phi) is 4.17. The molecule has 0 saturated carbocycles. The molecule has 2 aliphatic carbocycles. The predicted molar refractivity (Wildman–Crippen MR) is 70.6 cm³/mol. The first kappa shape index (κ1) is 12.4. The number of nitrogens with zero attached hydrogens (tertiary/aromatic N) is 4. The van der Waals surface area contributed by atoms with Crippen molar-refractivity contribution >= 4 is 0 Å². The average Bonchev–Trinajstić information content (AvgIpc) is 2.40. The molecule has 5 heteroatoms. The van der Waals surface area contributed by atoms with Gasteiger partial charge in [0.2, 0.25) is 0 Å². The van der Waals surface area contributed by atoms with Gasteiger partial charge in [0.1, 0.15) is 0 Å². The molecule has 0 unspecified atom stereocenters. The van der Waals surface area contributed by atoms with Crippen molar-refractivity contribution in [3.8, 4) is 0 Å². The summed E-state index contributed by atoms with van der Waals surface area (Å²) in [5.41, 5.74) is 9.54. The smallest absolute Gasteiger partial charge is 0.0635 e. The Morgan fingerprint density at radius 3 is 1.72 bits per heavy atom. The first-order chi connectivity index (χ1) is 8.78. The van der Waals surface area contributed by atoms with Crippen molar-refractivity contribution in [2.45, 2.75) is 25.7 Å². The van der Waals surface area contributed by atoms with E-state index in [0.29, 0.717) is 0 Å². The zero-order chi connectivity index (χ0) is 12.8. The van der Waals surface area contributed by atoms with Crippen molar-refractivity contribution in [3.63, 3.8) is 0 Å². The lowest BCUT2D eigenvalue weighted by Gasteiger charge is -2.08. The van der Waals surface area contributed by atoms with Gasteiger partial charge < -0.3 is 5.73 Å². The highest BCUT2D eigenvalue weighted by Crippen LogP contribution is 2.22. The quantitative estimate of drug-likeness (QED) is 0.755. The molecule has 94 valence electrons. The monoisotopic (exact) mass is 243 g/mol. The van der Waals surface area contributed by atoms with Crippen molar-refractivity contribution in [1.29, 1.82) is 0 Å². The van der Waals surface area contributed by atoms with Crippen LogP contribution in [0.5, 0.6) is 0 Å². The molecule has 0 fully saturated rings. The van der Waals surface area contributed by atoms with Gasteiger partial charge >= 0.3 is 0 Å². The van der Waals surface area contributed by atoms with Gasteiger partial charge in [-0.3, -0.25) is 0 Å². The minimum Gasteiger partial charge on any atom is -0.402 e. The summed E-state index contributed by atoms with van der Waals surface area (Å²) in [5, 5.41) is 16.3. The van der Waals surface area contributed by atoms with Crippen molar-refractivity contribution in [3.05, 3.63) is 47.1 Å². The van der Waals surface area contributed by atoms with Gasteiger partial charge in [0, 0.05) is 12.7 Å². The van der Waals surface area contributed by atoms with Crippen molar-refractivity contribution < 1.29 is 0 Å². The summed E-state index contributed by atoms with van der Waals surface area (Å²) >= 11 is 0. The first-order valence-corrected chi connectivity index (χ1v) is 6.04. The van der Waals surface area contributed by atoms with Gasteiger partial charge in [0.15, 0.2) is 0 Å². The van der Waals surface area contributed by atoms with E-state index in [2.05, 4.69) is 20.5 Å². The zero-order valence-electron chi connectivity index (χ0n) is 10.5. The fourth-order valence-electron chi connectivity index (χ4n) is 1.76. The molecule has 0 aromatic rings. The SMILES string of the molecule is CN=NC1=CC=C(N=NC2=CC=C(N)CC2)CC1. The molecule has 0 aromatic heterocycles. The number of hydrogen-bond acceptors (Lipinski definition) is 5. The molecule has 0 bridgehead atoms. The van der Waals surface area contributed by atoms with Gasteiger partial charge in [-0.25, -0.2) is 0 Å². The number of rotatable bonds is 3. The highest BCUT2D eigenvalue weighted by molar-refractivity contribution is 5.24. The van der Waals surface area contributed by atoms with E-state index in [9.17, 15) is 0 Å². The summed E-state index contributed by atoms with van der Waals surface area (Å²) in [4.78, 5) is 0. The summed E-state index contributed by atoms with van der Waals surface area (Å²) < 4.78 is 0. The Morgan fingerprint density at radius 1 is 0.778 bits per heavy atom. The number of hydrogen-bond donors (Lipinski definition) is 1. The zero-order valence-corrected chi connectivity index (χ0v) is 10.5. The molecule has 5 nitrogen and oxygen atoms in total. The molecule has 2 N–H and O–H groups in total. The van der Waals surface area contributed by atoms with Crippen molar-refractivity contribution in [2.24, 2.45) is 26.2 Å². The topological polar surface area (TPSA) is 75.5 Å². The molecule has 18 heavy (non-hydrogen) atoms. The molecule has 0 heterocycles. The molecular weight excluding hydrogens is 226 g/mol. The van der Waals surface area contributed by atoms with Crippen LogP contribution in [0.2, 0.25) is 0 Å². The van der Waals surface area contributed by atoms with Crippen molar-refractivity contribution in [1.82, 2.24) is 0 Å². The normalized spacial score (nSPS) is 20.7. The number of azo groups is 2. The largest absolute Gasteiger partial charge is 0.402 e. The Morgan fingerprint density at radius 2 is 1.28 bits per heavy atom. The third-order valence-corrected chi connectivity index (χ3v) is 2.80. The van der Waals surface area contributed by atoms with E-state index in [1.807, 2.05) is 24.3 Å². The summed E-state index contributed by atoms with van der Waals surface area (Å²) in [6.45, 7) is 0. The lowest BCUT2D eigenvalue weighted by molar-refractivity contribution is 0.812. The van der Waals surface area contributed by atoms with Crippen LogP contribution in [0.15, 0.2) is 67.5 Å². The van der Waals surface area contributed by atoms with Crippen LogP contribution in [0.25, 0.3) is 0 Å². The third-order valence-electron chi connectivity index (χ3n) is 2.80. The fraction of sp³-hybridized carbons (Fsp3) is 0.385. The number of allylic oxidation sites excluding steroid dienone is 8. The summed E-state index contributed by atoms with van der Waals surface area (Å²) in [7, 11) is 1.68. The summed E-state index contributed by atoms with van der Waals surface area (Å²) in [6, 6.07) is 0. The maximum absolute atomic E-state index is 5.69. The molecule has 0 aliphatic heterocycles. The van der Waals surface area contributed by atoms with Gasteiger partial charge in [-0.15, -0.1) is 0 Å². The van der Waals surface area contributed by atoms with Crippen LogP contribution in [0.3, 0.4) is 0 Å². The minimum atomic E-state index is 0.861. The maximum Gasteiger partial charge on any atom is 0.0635 e. The van der Waals surface area contributed by atoms with Crippen molar-refractivity contribution in [2.75, 3.05) is 7.05 Å². The van der Waals surface area contributed by atoms with Crippen LogP contribution < -0.4 is 5.73 Å². The highest BCUT2D eigenvalue weighted by atomic mass is 15.1. The highest BCUT2D eigenvalue weighted by Gasteiger charge is 2.06. The molecule has 0 radical (unpaired) electrons. The summed E-state index contributed by atoms with van der Waals surface area (Å²) in [6.07, 6.45) is 11.2. The van der Waals surface area contributed by atoms with Gasteiger partial charge in [0.25, 0.3) is 0 Å². The van der Waals surface area contributed by atoms with E-state index in [1.165, 1.54) is 0 Å². The molecule has 0 saturated heterocycles. The van der Waals surface area contributed by atoms with Gasteiger partial charge in [-0.2, -0.15) is 20.5 Å². The van der Waals surface area contributed by atoms with Crippen LogP contribution in [-0.2, 0) is 0 Å². The van der Waals surface area contributed by atoms with Crippen LogP contribution in [0.4, 0.5) is 0 Å². The van der Waals surface area contributed by atoms with Crippen LogP contribution in [-0.4, -0.2) is 7.05 Å². The molecule has 0 spiro atoms.